The van der Waals surface area contributed by atoms with Crippen molar-refractivity contribution in [2.75, 3.05) is 6.61 Å². The number of rotatable bonds is 2. The Bertz CT molecular complexity index is 717. The van der Waals surface area contributed by atoms with Crippen LogP contribution in [0.25, 0.3) is 0 Å². The molecule has 4 aliphatic carbocycles. The highest BCUT2D eigenvalue weighted by atomic mass is 16.3. The average molecular weight is 342 g/mol. The molecule has 3 saturated carbocycles. The summed E-state index contributed by atoms with van der Waals surface area (Å²) in [4.78, 5) is 37.3. The molecule has 1 N–H and O–H groups in total. The largest absolute Gasteiger partial charge is 0.389 e. The van der Waals surface area contributed by atoms with Gasteiger partial charge in [-0.1, -0.05) is 25.5 Å². The van der Waals surface area contributed by atoms with Crippen molar-refractivity contribution in [3.05, 3.63) is 23.8 Å². The molecule has 134 valence electrons. The highest BCUT2D eigenvalue weighted by Crippen LogP contribution is 2.64. The maximum Gasteiger partial charge on any atom is 0.178 e. The number of hydrogen-bond acceptors (Lipinski definition) is 4. The highest BCUT2D eigenvalue weighted by molar-refractivity contribution is 6.01. The van der Waals surface area contributed by atoms with Crippen LogP contribution >= 0.6 is 0 Å². The molecular weight excluding hydrogens is 316 g/mol. The number of carbonyl (C=O) groups excluding carboxylic acids is 3. The minimum atomic E-state index is -0.426. The van der Waals surface area contributed by atoms with Gasteiger partial charge in [-0.25, -0.2) is 0 Å². The zero-order valence-corrected chi connectivity index (χ0v) is 15.0. The molecular formula is C21H26O4. The Morgan fingerprint density at radius 2 is 2.00 bits per heavy atom. The van der Waals surface area contributed by atoms with E-state index in [-0.39, 0.29) is 45.9 Å². The second kappa shape index (κ2) is 5.47. The van der Waals surface area contributed by atoms with Crippen LogP contribution in [0.1, 0.15) is 46.0 Å². The van der Waals surface area contributed by atoms with Crippen molar-refractivity contribution in [1.82, 2.24) is 0 Å². The minimum absolute atomic E-state index is 0.0218. The molecule has 0 saturated heterocycles. The SMILES string of the molecule is CC12C=CC(=O)C=C1CC[C@@H]1C2C(=O)CC2(C)C(C(=O)CO)CCC12. The van der Waals surface area contributed by atoms with Gasteiger partial charge in [0, 0.05) is 23.7 Å². The predicted octanol–water partition coefficient (Wildman–Crippen LogP) is 2.65. The van der Waals surface area contributed by atoms with Gasteiger partial charge in [0.15, 0.2) is 11.6 Å². The fraction of sp³-hybridized carbons (Fsp3) is 0.667. The van der Waals surface area contributed by atoms with Gasteiger partial charge >= 0.3 is 0 Å². The Morgan fingerprint density at radius 1 is 1.24 bits per heavy atom. The van der Waals surface area contributed by atoms with Crippen LogP contribution in [-0.4, -0.2) is 29.1 Å². The Labute approximate surface area is 148 Å². The van der Waals surface area contributed by atoms with Crippen molar-refractivity contribution in [2.24, 2.45) is 34.5 Å². The van der Waals surface area contributed by atoms with Crippen molar-refractivity contribution in [3.63, 3.8) is 0 Å². The molecule has 5 unspecified atom stereocenters. The van der Waals surface area contributed by atoms with E-state index >= 15 is 0 Å². The van der Waals surface area contributed by atoms with Gasteiger partial charge in [-0.05, 0) is 55.1 Å². The molecule has 6 atom stereocenters. The van der Waals surface area contributed by atoms with E-state index in [2.05, 4.69) is 13.8 Å². The number of carbonyl (C=O) groups is 3. The molecule has 3 fully saturated rings. The molecule has 0 radical (unpaired) electrons. The molecule has 0 aliphatic heterocycles. The standard InChI is InChI=1S/C21H26O4/c1-20-8-7-13(23)9-12(20)3-4-14-15-5-6-16(18(25)11-22)21(15,2)10-17(24)19(14)20/h7-9,14-16,19,22H,3-6,10-11H2,1-2H3/t14-,15?,16?,19?,20?,21?/m0/s1. The summed E-state index contributed by atoms with van der Waals surface area (Å²) in [5, 5.41) is 9.34. The van der Waals surface area contributed by atoms with Crippen LogP contribution in [0.5, 0.6) is 0 Å². The van der Waals surface area contributed by atoms with Crippen LogP contribution < -0.4 is 0 Å². The van der Waals surface area contributed by atoms with Crippen LogP contribution in [-0.2, 0) is 14.4 Å². The molecule has 4 heteroatoms. The van der Waals surface area contributed by atoms with Gasteiger partial charge in [0.05, 0.1) is 0 Å². The van der Waals surface area contributed by atoms with Crippen LogP contribution in [0.4, 0.5) is 0 Å². The molecule has 4 nitrogen and oxygen atoms in total. The summed E-state index contributed by atoms with van der Waals surface area (Å²) < 4.78 is 0. The number of fused-ring (bicyclic) bond motifs is 5. The van der Waals surface area contributed by atoms with Crippen LogP contribution in [0.3, 0.4) is 0 Å². The summed E-state index contributed by atoms with van der Waals surface area (Å²) in [5.74, 6) is 0.477. The highest BCUT2D eigenvalue weighted by Gasteiger charge is 2.62. The minimum Gasteiger partial charge on any atom is -0.389 e. The molecule has 0 amide bonds. The molecule has 0 aromatic heterocycles. The van der Waals surface area contributed by atoms with Crippen molar-refractivity contribution in [2.45, 2.75) is 46.0 Å². The van der Waals surface area contributed by atoms with Gasteiger partial charge in [0.1, 0.15) is 12.4 Å². The van der Waals surface area contributed by atoms with Crippen molar-refractivity contribution in [1.29, 1.82) is 0 Å². The summed E-state index contributed by atoms with van der Waals surface area (Å²) >= 11 is 0. The van der Waals surface area contributed by atoms with E-state index in [1.54, 1.807) is 12.2 Å². The van der Waals surface area contributed by atoms with Gasteiger partial charge in [-0.3, -0.25) is 14.4 Å². The topological polar surface area (TPSA) is 71.4 Å². The first-order valence-corrected chi connectivity index (χ1v) is 9.42. The summed E-state index contributed by atoms with van der Waals surface area (Å²) in [7, 11) is 0. The Morgan fingerprint density at radius 3 is 2.72 bits per heavy atom. The molecule has 4 rings (SSSR count). The van der Waals surface area contributed by atoms with E-state index < -0.39 is 6.61 Å². The van der Waals surface area contributed by atoms with Gasteiger partial charge < -0.3 is 5.11 Å². The van der Waals surface area contributed by atoms with Gasteiger partial charge in [-0.2, -0.15) is 0 Å². The van der Waals surface area contributed by atoms with Crippen molar-refractivity contribution < 1.29 is 19.5 Å². The maximum absolute atomic E-state index is 13.3. The zero-order chi connectivity index (χ0) is 18.0. The van der Waals surface area contributed by atoms with E-state index in [9.17, 15) is 19.5 Å². The third kappa shape index (κ3) is 2.19. The van der Waals surface area contributed by atoms with E-state index in [0.29, 0.717) is 12.3 Å². The summed E-state index contributed by atoms with van der Waals surface area (Å²) in [5.41, 5.74) is 0.428. The summed E-state index contributed by atoms with van der Waals surface area (Å²) in [6.45, 7) is 3.76. The number of hydrogen-bond donors (Lipinski definition) is 1. The van der Waals surface area contributed by atoms with E-state index in [4.69, 9.17) is 0 Å². The molecule has 25 heavy (non-hydrogen) atoms. The fourth-order valence-electron chi connectivity index (χ4n) is 6.67. The normalized spacial score (nSPS) is 45.5. The number of aliphatic hydroxyl groups excluding tert-OH is 1. The lowest BCUT2D eigenvalue weighted by Crippen LogP contribution is -2.54. The number of aliphatic hydroxyl groups is 1. The average Bonchev–Trinajstić information content (AvgIpc) is 2.91. The second-order valence-corrected chi connectivity index (χ2v) is 8.88. The Balaban J connectivity index is 1.73. The lowest BCUT2D eigenvalue weighted by molar-refractivity contribution is -0.146. The first kappa shape index (κ1) is 16.9. The van der Waals surface area contributed by atoms with Gasteiger partial charge in [-0.15, -0.1) is 0 Å². The third-order valence-electron chi connectivity index (χ3n) is 7.80. The van der Waals surface area contributed by atoms with Crippen LogP contribution in [0, 0.1) is 34.5 Å². The van der Waals surface area contributed by atoms with Crippen molar-refractivity contribution in [3.8, 4) is 0 Å². The second-order valence-electron chi connectivity index (χ2n) is 8.88. The first-order valence-electron chi connectivity index (χ1n) is 9.42. The molecule has 0 spiro atoms. The number of ketones is 3. The lowest BCUT2D eigenvalue weighted by atomic mass is 9.47. The molecule has 0 aromatic carbocycles. The van der Waals surface area contributed by atoms with Crippen LogP contribution in [0.2, 0.25) is 0 Å². The van der Waals surface area contributed by atoms with E-state index in [1.807, 2.05) is 6.08 Å². The van der Waals surface area contributed by atoms with E-state index in [0.717, 1.165) is 31.3 Å². The van der Waals surface area contributed by atoms with Gasteiger partial charge in [0.25, 0.3) is 0 Å². The van der Waals surface area contributed by atoms with Crippen molar-refractivity contribution >= 4 is 17.3 Å². The van der Waals surface area contributed by atoms with Crippen LogP contribution in [0.15, 0.2) is 23.8 Å². The fourth-order valence-corrected chi connectivity index (χ4v) is 6.67. The number of allylic oxidation sites excluding steroid dienone is 4. The summed E-state index contributed by atoms with van der Waals surface area (Å²) in [6, 6.07) is 0. The summed E-state index contributed by atoms with van der Waals surface area (Å²) in [6.07, 6.45) is 9.21. The monoisotopic (exact) mass is 342 g/mol. The maximum atomic E-state index is 13.3. The zero-order valence-electron chi connectivity index (χ0n) is 15.0. The predicted molar refractivity (Wildman–Crippen MR) is 92.6 cm³/mol. The smallest absolute Gasteiger partial charge is 0.178 e. The molecule has 4 aliphatic rings. The molecule has 0 bridgehead atoms. The Hall–Kier alpha value is -1.55. The first-order chi connectivity index (χ1) is 11.8. The lowest BCUT2D eigenvalue weighted by Gasteiger charge is -2.55. The van der Waals surface area contributed by atoms with Gasteiger partial charge in [0.2, 0.25) is 0 Å². The van der Waals surface area contributed by atoms with E-state index in [1.165, 1.54) is 0 Å². The third-order valence-corrected chi connectivity index (χ3v) is 7.80. The number of Topliss-reactive ketones (excluding diaryl/α,β-unsaturated/α-hetero) is 2. The Kier molecular flexibility index (Phi) is 3.70. The quantitative estimate of drug-likeness (QED) is 0.837. The molecule has 0 aromatic rings. The molecule has 0 heterocycles.